The van der Waals surface area contributed by atoms with Gasteiger partial charge in [0, 0.05) is 19.3 Å². The van der Waals surface area contributed by atoms with Gasteiger partial charge in [0.2, 0.25) is 0 Å². The topological polar surface area (TPSA) is 78.9 Å². The Balaban J connectivity index is 3.98. The van der Waals surface area contributed by atoms with Crippen LogP contribution in [0.1, 0.15) is 406 Å². The standard InChI is InChI=1S/C77H142O6/c1-4-7-10-13-16-18-20-22-24-26-28-30-32-34-36-37-38-39-41-42-44-46-48-50-52-54-56-58-61-64-67-70-76(79)82-73-74(72-81-75(78)69-66-63-60-15-12-9-6-3)83-77(80)71-68-65-62-59-57-55-53-51-49-47-45-43-40-35-33-31-29-27-25-23-21-19-17-14-11-8-5-2/h8,11,17,19,23,25,29,31,74H,4-7,9-10,12-16,18,20-22,24,26-28,30,32-73H2,1-3H3/b11-8-,19-17-,25-23-,31-29-. The molecule has 0 saturated carbocycles. The van der Waals surface area contributed by atoms with Crippen LogP contribution in [0.4, 0.5) is 0 Å². The molecule has 0 radical (unpaired) electrons. The van der Waals surface area contributed by atoms with E-state index in [2.05, 4.69) is 69.4 Å². The van der Waals surface area contributed by atoms with Crippen LogP contribution in [0, 0.1) is 0 Å². The van der Waals surface area contributed by atoms with Gasteiger partial charge in [0.15, 0.2) is 6.10 Å². The number of esters is 3. The van der Waals surface area contributed by atoms with Crippen molar-refractivity contribution < 1.29 is 28.6 Å². The Morgan fingerprint density at radius 1 is 0.253 bits per heavy atom. The van der Waals surface area contributed by atoms with E-state index in [4.69, 9.17) is 14.2 Å². The molecule has 0 amide bonds. The fourth-order valence-electron chi connectivity index (χ4n) is 11.3. The quantitative estimate of drug-likeness (QED) is 0.0261. The molecule has 0 aliphatic carbocycles. The molecule has 0 saturated heterocycles. The first-order chi connectivity index (χ1) is 41.0. The van der Waals surface area contributed by atoms with Crippen molar-refractivity contribution in [3.63, 3.8) is 0 Å². The van der Waals surface area contributed by atoms with E-state index in [1.54, 1.807) is 0 Å². The van der Waals surface area contributed by atoms with E-state index < -0.39 is 6.10 Å². The lowest BCUT2D eigenvalue weighted by Crippen LogP contribution is -2.30. The molecule has 0 aliphatic heterocycles. The van der Waals surface area contributed by atoms with Gasteiger partial charge in [-0.05, 0) is 57.8 Å². The second kappa shape index (κ2) is 71.8. The van der Waals surface area contributed by atoms with Crippen LogP contribution >= 0.6 is 0 Å². The Morgan fingerprint density at radius 2 is 0.470 bits per heavy atom. The molecule has 6 heteroatoms. The Bertz CT molecular complexity index is 1430. The summed E-state index contributed by atoms with van der Waals surface area (Å²) in [5.74, 6) is -0.848. The molecule has 0 fully saturated rings. The molecule has 0 aliphatic rings. The highest BCUT2D eigenvalue weighted by Gasteiger charge is 2.20. The summed E-state index contributed by atoms with van der Waals surface area (Å²) in [5.41, 5.74) is 0. The van der Waals surface area contributed by atoms with E-state index >= 15 is 0 Å². The Kier molecular flexibility index (Phi) is 69.6. The molecule has 1 atom stereocenters. The number of ether oxygens (including phenoxy) is 3. The predicted octanol–water partition coefficient (Wildman–Crippen LogP) is 25.7. The van der Waals surface area contributed by atoms with Crippen molar-refractivity contribution in [2.75, 3.05) is 13.2 Å². The molecular formula is C77H142O6. The highest BCUT2D eigenvalue weighted by molar-refractivity contribution is 5.71. The Morgan fingerprint density at radius 3 is 0.735 bits per heavy atom. The van der Waals surface area contributed by atoms with Gasteiger partial charge in [-0.25, -0.2) is 0 Å². The molecular weight excluding hydrogens is 1020 g/mol. The molecule has 0 heterocycles. The van der Waals surface area contributed by atoms with Gasteiger partial charge in [-0.15, -0.1) is 0 Å². The van der Waals surface area contributed by atoms with Crippen molar-refractivity contribution in [2.45, 2.75) is 412 Å². The van der Waals surface area contributed by atoms with Crippen LogP contribution in [0.2, 0.25) is 0 Å². The number of carbonyl (C=O) groups excluding carboxylic acids is 3. The average Bonchev–Trinajstić information content (AvgIpc) is 3.49. The number of hydrogen-bond acceptors (Lipinski definition) is 6. The normalized spacial score (nSPS) is 12.3. The lowest BCUT2D eigenvalue weighted by molar-refractivity contribution is -0.167. The maximum atomic E-state index is 12.9. The zero-order valence-electron chi connectivity index (χ0n) is 56.0. The fourth-order valence-corrected chi connectivity index (χ4v) is 11.3. The molecule has 0 rings (SSSR count). The molecule has 6 nitrogen and oxygen atoms in total. The zero-order valence-corrected chi connectivity index (χ0v) is 56.0. The molecule has 0 aromatic heterocycles. The predicted molar refractivity (Wildman–Crippen MR) is 362 cm³/mol. The van der Waals surface area contributed by atoms with Crippen LogP contribution in [0.15, 0.2) is 48.6 Å². The van der Waals surface area contributed by atoms with Crippen molar-refractivity contribution in [2.24, 2.45) is 0 Å². The van der Waals surface area contributed by atoms with Crippen LogP contribution in [0.3, 0.4) is 0 Å². The van der Waals surface area contributed by atoms with Gasteiger partial charge in [-0.1, -0.05) is 378 Å². The summed E-state index contributed by atoms with van der Waals surface area (Å²) in [6.45, 7) is 6.56. The van der Waals surface area contributed by atoms with Gasteiger partial charge < -0.3 is 14.2 Å². The monoisotopic (exact) mass is 1160 g/mol. The summed E-state index contributed by atoms with van der Waals surface area (Å²) in [6.07, 6.45) is 92.0. The van der Waals surface area contributed by atoms with Crippen molar-refractivity contribution in [3.05, 3.63) is 48.6 Å². The largest absolute Gasteiger partial charge is 0.462 e. The molecule has 0 aromatic carbocycles. The van der Waals surface area contributed by atoms with Gasteiger partial charge in [0.05, 0.1) is 0 Å². The van der Waals surface area contributed by atoms with E-state index in [1.165, 1.54) is 283 Å². The highest BCUT2D eigenvalue weighted by atomic mass is 16.6. The average molecular weight is 1160 g/mol. The summed E-state index contributed by atoms with van der Waals surface area (Å²) in [6, 6.07) is 0. The zero-order chi connectivity index (χ0) is 59.9. The van der Waals surface area contributed by atoms with Crippen molar-refractivity contribution in [1.82, 2.24) is 0 Å². The third-order valence-electron chi connectivity index (χ3n) is 16.8. The summed E-state index contributed by atoms with van der Waals surface area (Å²) in [5, 5.41) is 0. The molecule has 0 N–H and O–H groups in total. The van der Waals surface area contributed by atoms with Crippen LogP contribution < -0.4 is 0 Å². The van der Waals surface area contributed by atoms with Crippen LogP contribution in [-0.2, 0) is 28.6 Å². The molecule has 0 aromatic rings. The molecule has 0 bridgehead atoms. The minimum atomic E-state index is -0.769. The van der Waals surface area contributed by atoms with E-state index in [0.717, 1.165) is 83.5 Å². The van der Waals surface area contributed by atoms with Gasteiger partial charge in [-0.3, -0.25) is 14.4 Å². The summed E-state index contributed by atoms with van der Waals surface area (Å²) in [4.78, 5) is 38.2. The minimum Gasteiger partial charge on any atom is -0.462 e. The number of rotatable bonds is 69. The smallest absolute Gasteiger partial charge is 0.306 e. The van der Waals surface area contributed by atoms with E-state index in [1.807, 2.05) is 0 Å². The van der Waals surface area contributed by atoms with Crippen molar-refractivity contribution >= 4 is 17.9 Å². The minimum absolute atomic E-state index is 0.0673. The third kappa shape index (κ3) is 70.0. The number of hydrogen-bond donors (Lipinski definition) is 0. The molecule has 83 heavy (non-hydrogen) atoms. The molecule has 486 valence electrons. The summed E-state index contributed by atoms with van der Waals surface area (Å²) >= 11 is 0. The van der Waals surface area contributed by atoms with Gasteiger partial charge in [0.25, 0.3) is 0 Å². The maximum absolute atomic E-state index is 12.9. The van der Waals surface area contributed by atoms with E-state index in [0.29, 0.717) is 19.3 Å². The van der Waals surface area contributed by atoms with Crippen molar-refractivity contribution in [3.8, 4) is 0 Å². The lowest BCUT2D eigenvalue weighted by Gasteiger charge is -2.18. The van der Waals surface area contributed by atoms with E-state index in [-0.39, 0.29) is 31.1 Å². The first-order valence-corrected chi connectivity index (χ1v) is 37.1. The first-order valence-electron chi connectivity index (χ1n) is 37.1. The molecule has 0 spiro atoms. The van der Waals surface area contributed by atoms with Gasteiger partial charge in [-0.2, -0.15) is 0 Å². The number of unbranched alkanes of at least 4 members (excludes halogenated alkanes) is 50. The van der Waals surface area contributed by atoms with E-state index in [9.17, 15) is 14.4 Å². The third-order valence-corrected chi connectivity index (χ3v) is 16.8. The van der Waals surface area contributed by atoms with Gasteiger partial charge >= 0.3 is 17.9 Å². The van der Waals surface area contributed by atoms with Crippen LogP contribution in [0.25, 0.3) is 0 Å². The molecule has 1 unspecified atom stereocenters. The maximum Gasteiger partial charge on any atom is 0.306 e. The van der Waals surface area contributed by atoms with Gasteiger partial charge in [0.1, 0.15) is 13.2 Å². The highest BCUT2D eigenvalue weighted by Crippen LogP contribution is 2.19. The van der Waals surface area contributed by atoms with Crippen LogP contribution in [0.5, 0.6) is 0 Å². The summed E-state index contributed by atoms with van der Waals surface area (Å²) < 4.78 is 16.9. The number of carbonyl (C=O) groups is 3. The van der Waals surface area contributed by atoms with Crippen LogP contribution in [-0.4, -0.2) is 37.2 Å². The first kappa shape index (κ1) is 80.4. The SMILES string of the molecule is CC/C=C\C/C=C\C/C=C\C/C=C\CCCCCCCCCCCCCCCCC(=O)OC(COC(=O)CCCCCCCCC)COC(=O)CCCCCCCCCCCCCCCCCCCCCCCCCCCCCCCCC. The van der Waals surface area contributed by atoms with Crippen molar-refractivity contribution in [1.29, 1.82) is 0 Å². The Hall–Kier alpha value is -2.63. The second-order valence-corrected chi connectivity index (χ2v) is 25.2. The number of allylic oxidation sites excluding steroid dienone is 8. The Labute approximate surface area is 518 Å². The second-order valence-electron chi connectivity index (χ2n) is 25.2. The summed E-state index contributed by atoms with van der Waals surface area (Å²) in [7, 11) is 0. The lowest BCUT2D eigenvalue weighted by atomic mass is 10.0. The fraction of sp³-hybridized carbons (Fsp3) is 0.857.